The second-order valence-corrected chi connectivity index (χ2v) is 4.86. The number of hydrogen-bond acceptors (Lipinski definition) is 1. The van der Waals surface area contributed by atoms with Crippen molar-refractivity contribution in [1.82, 2.24) is 0 Å². The van der Waals surface area contributed by atoms with Gasteiger partial charge in [-0.3, -0.25) is 4.79 Å². The number of aryl methyl sites for hydroxylation is 1. The molecule has 0 atom stereocenters. The van der Waals surface area contributed by atoms with Gasteiger partial charge in [0.1, 0.15) is 11.6 Å². The molecule has 2 aromatic rings. The molecule has 0 fully saturated rings. The predicted octanol–water partition coefficient (Wildman–Crippen LogP) is 4.27. The van der Waals surface area contributed by atoms with Crippen molar-refractivity contribution in [2.75, 3.05) is 0 Å². The molecule has 0 saturated heterocycles. The first-order valence-electron chi connectivity index (χ1n) is 5.25. The van der Waals surface area contributed by atoms with E-state index in [1.54, 1.807) is 19.1 Å². The predicted molar refractivity (Wildman–Crippen MR) is 68.7 cm³/mol. The topological polar surface area (TPSA) is 17.1 Å². The highest BCUT2D eigenvalue weighted by molar-refractivity contribution is 9.10. The van der Waals surface area contributed by atoms with Gasteiger partial charge in [0.05, 0.1) is 5.56 Å². The van der Waals surface area contributed by atoms with Crippen LogP contribution in [-0.2, 0) is 0 Å². The standard InChI is InChI=1S/C14H9BrF2O/c1-8-5-9(7-10(15)6-8)14(18)13-11(16)3-2-4-12(13)17/h2-7H,1H3. The number of carbonyl (C=O) groups excluding carboxylic acids is 1. The van der Waals surface area contributed by atoms with E-state index >= 15 is 0 Å². The number of ketones is 1. The highest BCUT2D eigenvalue weighted by Crippen LogP contribution is 2.21. The van der Waals surface area contributed by atoms with Gasteiger partial charge in [0.2, 0.25) is 0 Å². The Balaban J connectivity index is 2.55. The van der Waals surface area contributed by atoms with Gasteiger partial charge in [0, 0.05) is 10.0 Å². The third-order valence-electron chi connectivity index (χ3n) is 2.49. The van der Waals surface area contributed by atoms with Crippen LogP contribution in [0.5, 0.6) is 0 Å². The van der Waals surface area contributed by atoms with Crippen LogP contribution in [-0.4, -0.2) is 5.78 Å². The number of halogens is 3. The monoisotopic (exact) mass is 310 g/mol. The number of carbonyl (C=O) groups is 1. The van der Waals surface area contributed by atoms with Crippen LogP contribution in [0, 0.1) is 18.6 Å². The van der Waals surface area contributed by atoms with E-state index in [1.807, 2.05) is 6.07 Å². The maximum Gasteiger partial charge on any atom is 0.198 e. The van der Waals surface area contributed by atoms with Crippen molar-refractivity contribution in [2.45, 2.75) is 6.92 Å². The number of benzene rings is 2. The van der Waals surface area contributed by atoms with E-state index < -0.39 is 23.0 Å². The minimum absolute atomic E-state index is 0.255. The van der Waals surface area contributed by atoms with Crippen LogP contribution < -0.4 is 0 Å². The molecule has 0 aliphatic carbocycles. The van der Waals surface area contributed by atoms with E-state index in [-0.39, 0.29) is 5.56 Å². The fraction of sp³-hybridized carbons (Fsp3) is 0.0714. The maximum atomic E-state index is 13.5. The Morgan fingerprint density at radius 2 is 1.72 bits per heavy atom. The second-order valence-electron chi connectivity index (χ2n) is 3.94. The average Bonchev–Trinajstić information content (AvgIpc) is 2.27. The molecule has 0 amide bonds. The lowest BCUT2D eigenvalue weighted by molar-refractivity contribution is 0.103. The normalized spacial score (nSPS) is 10.4. The summed E-state index contributed by atoms with van der Waals surface area (Å²) in [4.78, 5) is 12.1. The molecule has 1 nitrogen and oxygen atoms in total. The van der Waals surface area contributed by atoms with Gasteiger partial charge in [-0.2, -0.15) is 0 Å². The van der Waals surface area contributed by atoms with Crippen molar-refractivity contribution >= 4 is 21.7 Å². The Morgan fingerprint density at radius 1 is 1.11 bits per heavy atom. The molecular formula is C14H9BrF2O. The first kappa shape index (κ1) is 12.9. The lowest BCUT2D eigenvalue weighted by atomic mass is 10.0. The minimum atomic E-state index is -0.849. The maximum absolute atomic E-state index is 13.5. The molecule has 0 bridgehead atoms. The number of rotatable bonds is 2. The summed E-state index contributed by atoms with van der Waals surface area (Å²) in [7, 11) is 0. The molecule has 0 spiro atoms. The average molecular weight is 311 g/mol. The molecular weight excluding hydrogens is 302 g/mol. The van der Waals surface area contributed by atoms with Crippen molar-refractivity contribution in [3.8, 4) is 0 Å². The van der Waals surface area contributed by atoms with Crippen LogP contribution in [0.1, 0.15) is 21.5 Å². The molecule has 2 rings (SSSR count). The van der Waals surface area contributed by atoms with Gasteiger partial charge in [-0.15, -0.1) is 0 Å². The molecule has 0 unspecified atom stereocenters. The zero-order valence-electron chi connectivity index (χ0n) is 9.51. The Hall–Kier alpha value is -1.55. The van der Waals surface area contributed by atoms with Crippen LogP contribution in [0.4, 0.5) is 8.78 Å². The SMILES string of the molecule is Cc1cc(Br)cc(C(=O)c2c(F)cccc2F)c1. The highest BCUT2D eigenvalue weighted by atomic mass is 79.9. The van der Waals surface area contributed by atoms with Crippen molar-refractivity contribution in [3.05, 3.63) is 69.2 Å². The summed E-state index contributed by atoms with van der Waals surface area (Å²) in [6, 6.07) is 8.32. The summed E-state index contributed by atoms with van der Waals surface area (Å²) in [5.41, 5.74) is 0.574. The van der Waals surface area contributed by atoms with Gasteiger partial charge in [-0.25, -0.2) is 8.78 Å². The molecule has 0 saturated carbocycles. The third-order valence-corrected chi connectivity index (χ3v) is 2.95. The molecule has 0 aliphatic heterocycles. The highest BCUT2D eigenvalue weighted by Gasteiger charge is 2.19. The van der Waals surface area contributed by atoms with Gasteiger partial charge >= 0.3 is 0 Å². The summed E-state index contributed by atoms with van der Waals surface area (Å²) in [5, 5.41) is 0. The van der Waals surface area contributed by atoms with Gasteiger partial charge in [0.25, 0.3) is 0 Å². The number of hydrogen-bond donors (Lipinski definition) is 0. The fourth-order valence-corrected chi connectivity index (χ4v) is 2.33. The second kappa shape index (κ2) is 4.98. The largest absolute Gasteiger partial charge is 0.288 e. The lowest BCUT2D eigenvalue weighted by Crippen LogP contribution is -2.07. The Bertz CT molecular complexity index is 583. The van der Waals surface area contributed by atoms with Crippen molar-refractivity contribution < 1.29 is 13.6 Å². The van der Waals surface area contributed by atoms with E-state index in [1.165, 1.54) is 6.07 Å². The zero-order valence-corrected chi connectivity index (χ0v) is 11.1. The Kier molecular flexibility index (Phi) is 3.57. The van der Waals surface area contributed by atoms with E-state index in [0.717, 1.165) is 17.7 Å². The summed E-state index contributed by atoms with van der Waals surface area (Å²) in [6.07, 6.45) is 0. The molecule has 18 heavy (non-hydrogen) atoms. The third kappa shape index (κ3) is 2.48. The van der Waals surface area contributed by atoms with Crippen molar-refractivity contribution in [3.63, 3.8) is 0 Å². The fourth-order valence-electron chi connectivity index (χ4n) is 1.73. The van der Waals surface area contributed by atoms with Crippen LogP contribution in [0.2, 0.25) is 0 Å². The first-order chi connectivity index (χ1) is 8.49. The van der Waals surface area contributed by atoms with E-state index in [2.05, 4.69) is 15.9 Å². The summed E-state index contributed by atoms with van der Waals surface area (Å²) in [6.45, 7) is 1.80. The zero-order chi connectivity index (χ0) is 13.3. The molecule has 0 aliphatic rings. The smallest absolute Gasteiger partial charge is 0.198 e. The van der Waals surface area contributed by atoms with Crippen LogP contribution in [0.15, 0.2) is 40.9 Å². The van der Waals surface area contributed by atoms with Gasteiger partial charge < -0.3 is 0 Å². The molecule has 4 heteroatoms. The summed E-state index contributed by atoms with van der Waals surface area (Å²) in [5.74, 6) is -2.36. The first-order valence-corrected chi connectivity index (χ1v) is 6.04. The molecule has 92 valence electrons. The van der Waals surface area contributed by atoms with E-state index in [0.29, 0.717) is 4.47 Å². The minimum Gasteiger partial charge on any atom is -0.288 e. The van der Waals surface area contributed by atoms with Crippen LogP contribution in [0.25, 0.3) is 0 Å². The van der Waals surface area contributed by atoms with Gasteiger partial charge in [-0.05, 0) is 42.8 Å². The molecule has 0 aromatic heterocycles. The van der Waals surface area contributed by atoms with Gasteiger partial charge in [-0.1, -0.05) is 22.0 Å². The summed E-state index contributed by atoms with van der Waals surface area (Å²) >= 11 is 3.25. The Labute approximate surface area is 112 Å². The lowest BCUT2D eigenvalue weighted by Gasteiger charge is -2.06. The molecule has 0 heterocycles. The van der Waals surface area contributed by atoms with Crippen LogP contribution >= 0.6 is 15.9 Å². The molecule has 0 N–H and O–H groups in total. The summed E-state index contributed by atoms with van der Waals surface area (Å²) < 4.78 is 27.7. The Morgan fingerprint density at radius 3 is 2.28 bits per heavy atom. The van der Waals surface area contributed by atoms with Crippen molar-refractivity contribution in [1.29, 1.82) is 0 Å². The van der Waals surface area contributed by atoms with E-state index in [4.69, 9.17) is 0 Å². The quantitative estimate of drug-likeness (QED) is 0.757. The van der Waals surface area contributed by atoms with Crippen LogP contribution in [0.3, 0.4) is 0 Å². The molecule has 2 aromatic carbocycles. The van der Waals surface area contributed by atoms with Gasteiger partial charge in [0.15, 0.2) is 5.78 Å². The molecule has 0 radical (unpaired) electrons. The van der Waals surface area contributed by atoms with Crippen molar-refractivity contribution in [2.24, 2.45) is 0 Å². The van der Waals surface area contributed by atoms with E-state index in [9.17, 15) is 13.6 Å².